The van der Waals surface area contributed by atoms with Crippen LogP contribution in [0.3, 0.4) is 0 Å². The van der Waals surface area contributed by atoms with Gasteiger partial charge >= 0.3 is 0 Å². The second kappa shape index (κ2) is 6.33. The van der Waals surface area contributed by atoms with Crippen LogP contribution in [0.25, 0.3) is 0 Å². The highest BCUT2D eigenvalue weighted by atomic mass is 16.5. The Morgan fingerprint density at radius 3 is 2.35 bits per heavy atom. The lowest BCUT2D eigenvalue weighted by atomic mass is 10.1. The molecule has 2 aromatic rings. The van der Waals surface area contributed by atoms with Gasteiger partial charge in [-0.25, -0.2) is 0 Å². The van der Waals surface area contributed by atoms with Crippen LogP contribution < -0.4 is 15.4 Å². The second-order valence-electron chi connectivity index (χ2n) is 4.65. The summed E-state index contributed by atoms with van der Waals surface area (Å²) in [6.07, 6.45) is 0. The van der Waals surface area contributed by atoms with Crippen molar-refractivity contribution < 1.29 is 4.74 Å². The van der Waals surface area contributed by atoms with Crippen LogP contribution in [0.2, 0.25) is 0 Å². The van der Waals surface area contributed by atoms with Crippen LogP contribution in [0, 0.1) is 6.92 Å². The number of nitrogens with zero attached hydrogens (tertiary/aromatic N) is 1. The van der Waals surface area contributed by atoms with E-state index in [0.717, 1.165) is 18.0 Å². The Labute approximate surface area is 121 Å². The number of nitrogens with two attached hydrogens (primary N) is 1. The van der Waals surface area contributed by atoms with Gasteiger partial charge in [-0.2, -0.15) is 0 Å². The van der Waals surface area contributed by atoms with E-state index in [1.54, 1.807) is 0 Å². The molecule has 20 heavy (non-hydrogen) atoms. The van der Waals surface area contributed by atoms with Crippen molar-refractivity contribution >= 4 is 17.1 Å². The molecule has 0 saturated heterocycles. The third-order valence-electron chi connectivity index (χ3n) is 3.36. The highest BCUT2D eigenvalue weighted by Crippen LogP contribution is 2.37. The summed E-state index contributed by atoms with van der Waals surface area (Å²) in [6.45, 7) is 7.67. The zero-order valence-electron chi connectivity index (χ0n) is 12.4. The van der Waals surface area contributed by atoms with Crippen molar-refractivity contribution in [2.45, 2.75) is 20.8 Å². The molecule has 0 unspecified atom stereocenters. The van der Waals surface area contributed by atoms with Gasteiger partial charge < -0.3 is 15.4 Å². The van der Waals surface area contributed by atoms with E-state index in [9.17, 15) is 0 Å². The summed E-state index contributed by atoms with van der Waals surface area (Å²) in [4.78, 5) is 2.22. The number of aryl methyl sites for hydroxylation is 1. The molecule has 2 N–H and O–H groups in total. The Balaban J connectivity index is 2.48. The molecule has 0 atom stereocenters. The molecule has 3 nitrogen and oxygen atoms in total. The molecule has 0 aliphatic rings. The van der Waals surface area contributed by atoms with Gasteiger partial charge in [-0.3, -0.25) is 0 Å². The van der Waals surface area contributed by atoms with E-state index >= 15 is 0 Å². The maximum Gasteiger partial charge on any atom is 0.144 e. The summed E-state index contributed by atoms with van der Waals surface area (Å²) in [5.41, 5.74) is 10.4. The van der Waals surface area contributed by atoms with Crippen molar-refractivity contribution in [2.75, 3.05) is 23.8 Å². The number of ether oxygens (including phenoxy) is 1. The lowest BCUT2D eigenvalue weighted by molar-refractivity contribution is 0.342. The van der Waals surface area contributed by atoms with E-state index in [1.165, 1.54) is 11.3 Å². The number of nitrogen functional groups attached to an aromatic ring is 1. The topological polar surface area (TPSA) is 38.5 Å². The normalized spacial score (nSPS) is 10.3. The lowest BCUT2D eigenvalue weighted by Gasteiger charge is -2.27. The lowest BCUT2D eigenvalue weighted by Crippen LogP contribution is -2.18. The van der Waals surface area contributed by atoms with Crippen molar-refractivity contribution in [1.82, 2.24) is 0 Å². The van der Waals surface area contributed by atoms with Crippen LogP contribution in [0.15, 0.2) is 42.5 Å². The molecule has 0 fully saturated rings. The number of rotatable bonds is 5. The van der Waals surface area contributed by atoms with E-state index < -0.39 is 0 Å². The first-order valence-corrected chi connectivity index (χ1v) is 7.03. The molecule has 0 spiro atoms. The minimum Gasteiger partial charge on any atom is -0.492 e. The Hall–Kier alpha value is -2.16. The highest BCUT2D eigenvalue weighted by molar-refractivity contribution is 5.80. The van der Waals surface area contributed by atoms with Crippen LogP contribution >= 0.6 is 0 Å². The van der Waals surface area contributed by atoms with Crippen molar-refractivity contribution in [1.29, 1.82) is 0 Å². The Morgan fingerprint density at radius 1 is 1.00 bits per heavy atom. The average molecular weight is 270 g/mol. The van der Waals surface area contributed by atoms with Gasteiger partial charge in [-0.05, 0) is 44.5 Å². The summed E-state index contributed by atoms with van der Waals surface area (Å²) >= 11 is 0. The molecule has 0 saturated carbocycles. The smallest absolute Gasteiger partial charge is 0.144 e. The molecule has 0 radical (unpaired) electrons. The maximum atomic E-state index is 6.27. The van der Waals surface area contributed by atoms with Crippen molar-refractivity contribution in [3.63, 3.8) is 0 Å². The summed E-state index contributed by atoms with van der Waals surface area (Å²) < 4.78 is 5.59. The largest absolute Gasteiger partial charge is 0.492 e. The predicted octanol–water partition coefficient (Wildman–Crippen LogP) is 4.13. The Bertz CT molecular complexity index is 581. The first kappa shape index (κ1) is 14.3. The van der Waals surface area contributed by atoms with Crippen LogP contribution in [-0.4, -0.2) is 13.2 Å². The fraction of sp³-hybridized carbons (Fsp3) is 0.294. The molecule has 0 aromatic heterocycles. The number of para-hydroxylation sites is 2. The van der Waals surface area contributed by atoms with Gasteiger partial charge in [0.25, 0.3) is 0 Å². The summed E-state index contributed by atoms with van der Waals surface area (Å²) in [6, 6.07) is 14.3. The summed E-state index contributed by atoms with van der Waals surface area (Å²) in [5, 5.41) is 0. The van der Waals surface area contributed by atoms with Crippen LogP contribution in [0.5, 0.6) is 5.75 Å². The van der Waals surface area contributed by atoms with Crippen LogP contribution in [0.4, 0.5) is 17.1 Å². The molecule has 106 valence electrons. The molecular formula is C17H22N2O. The zero-order chi connectivity index (χ0) is 14.5. The van der Waals surface area contributed by atoms with Crippen molar-refractivity contribution in [3.8, 4) is 5.75 Å². The van der Waals surface area contributed by atoms with E-state index in [-0.39, 0.29) is 0 Å². The SMILES string of the molecule is CCOc1cccc(N(CC)c2ccccc2C)c1N. The first-order valence-electron chi connectivity index (χ1n) is 7.03. The third kappa shape index (κ3) is 2.72. The first-order chi connectivity index (χ1) is 9.69. The third-order valence-corrected chi connectivity index (χ3v) is 3.36. The molecule has 0 aliphatic heterocycles. The van der Waals surface area contributed by atoms with Crippen LogP contribution in [-0.2, 0) is 0 Å². The van der Waals surface area contributed by atoms with Crippen molar-refractivity contribution in [3.05, 3.63) is 48.0 Å². The molecule has 0 amide bonds. The standard InChI is InChI=1S/C17H22N2O/c1-4-19(14-10-7-6-9-13(14)3)15-11-8-12-16(17(15)18)20-5-2/h6-12H,4-5,18H2,1-3H3. The van der Waals surface area contributed by atoms with E-state index in [1.807, 2.05) is 37.3 Å². The van der Waals surface area contributed by atoms with Gasteiger partial charge in [0.15, 0.2) is 0 Å². The molecule has 2 rings (SSSR count). The molecular weight excluding hydrogens is 248 g/mol. The predicted molar refractivity (Wildman–Crippen MR) is 85.9 cm³/mol. The van der Waals surface area contributed by atoms with E-state index in [4.69, 9.17) is 10.5 Å². The number of anilines is 3. The fourth-order valence-corrected chi connectivity index (χ4v) is 2.39. The monoisotopic (exact) mass is 270 g/mol. The number of benzene rings is 2. The minimum absolute atomic E-state index is 0.615. The quantitative estimate of drug-likeness (QED) is 0.830. The van der Waals surface area contributed by atoms with Crippen molar-refractivity contribution in [2.24, 2.45) is 0 Å². The van der Waals surface area contributed by atoms with Gasteiger partial charge in [0.1, 0.15) is 5.75 Å². The van der Waals surface area contributed by atoms with Gasteiger partial charge in [0.2, 0.25) is 0 Å². The number of hydrogen-bond donors (Lipinski definition) is 1. The zero-order valence-corrected chi connectivity index (χ0v) is 12.4. The maximum absolute atomic E-state index is 6.27. The molecule has 0 heterocycles. The molecule has 0 bridgehead atoms. The minimum atomic E-state index is 0.615. The van der Waals surface area contributed by atoms with Gasteiger partial charge in [-0.1, -0.05) is 24.3 Å². The van der Waals surface area contributed by atoms with Crippen LogP contribution in [0.1, 0.15) is 19.4 Å². The van der Waals surface area contributed by atoms with Gasteiger partial charge in [0, 0.05) is 12.2 Å². The summed E-state index contributed by atoms with van der Waals surface area (Å²) in [7, 11) is 0. The van der Waals surface area contributed by atoms with Gasteiger partial charge in [0.05, 0.1) is 18.0 Å². The average Bonchev–Trinajstić information content (AvgIpc) is 2.45. The van der Waals surface area contributed by atoms with E-state index in [2.05, 4.69) is 30.9 Å². The fourth-order valence-electron chi connectivity index (χ4n) is 2.39. The second-order valence-corrected chi connectivity index (χ2v) is 4.65. The molecule has 0 aliphatic carbocycles. The molecule has 2 aromatic carbocycles. The van der Waals surface area contributed by atoms with Gasteiger partial charge in [-0.15, -0.1) is 0 Å². The van der Waals surface area contributed by atoms with E-state index in [0.29, 0.717) is 12.3 Å². The number of hydrogen-bond acceptors (Lipinski definition) is 3. The molecule has 3 heteroatoms. The highest BCUT2D eigenvalue weighted by Gasteiger charge is 2.14. The summed E-state index contributed by atoms with van der Waals surface area (Å²) in [5.74, 6) is 0.747. The Morgan fingerprint density at radius 2 is 1.70 bits per heavy atom. The Kier molecular flexibility index (Phi) is 4.51.